The van der Waals surface area contributed by atoms with Gasteiger partial charge in [0, 0.05) is 0 Å². The third-order valence-corrected chi connectivity index (χ3v) is 14.3. The zero-order valence-electron chi connectivity index (χ0n) is 17.8. The number of rotatable bonds is 11. The molecule has 6 heteroatoms. The fourth-order valence-corrected chi connectivity index (χ4v) is 8.58. The van der Waals surface area contributed by atoms with Crippen molar-refractivity contribution in [2.24, 2.45) is 0 Å². The van der Waals surface area contributed by atoms with Crippen molar-refractivity contribution in [2.75, 3.05) is 26.2 Å². The first-order valence-corrected chi connectivity index (χ1v) is 15.4. The molecule has 144 valence electrons. The summed E-state index contributed by atoms with van der Waals surface area (Å²) < 4.78 is 2.59. The Balaban J connectivity index is 3.35. The molecule has 0 saturated heterocycles. The van der Waals surface area contributed by atoms with Crippen LogP contribution in [0, 0.1) is 0 Å². The van der Waals surface area contributed by atoms with Gasteiger partial charge in [-0.1, -0.05) is 0 Å². The molecule has 0 atom stereocenters. The standard InChI is InChI=1S/C20H36GeN4Si/c1-8-24(9-2)15-17-13-12-14-18(16-25(10-3)11-4)19(17)21-20(23-22)26(5,6)7/h12-14H,8-11,15-16H2,1-7H3. The first-order chi connectivity index (χ1) is 12.3. The van der Waals surface area contributed by atoms with E-state index in [1.807, 2.05) is 0 Å². The molecule has 0 N–H and O–H groups in total. The van der Waals surface area contributed by atoms with Gasteiger partial charge in [0.15, 0.2) is 0 Å². The van der Waals surface area contributed by atoms with Crippen molar-refractivity contribution in [3.05, 3.63) is 34.9 Å². The van der Waals surface area contributed by atoms with Crippen molar-refractivity contribution in [3.8, 4) is 0 Å². The van der Waals surface area contributed by atoms with Crippen molar-refractivity contribution in [3.63, 3.8) is 0 Å². The van der Waals surface area contributed by atoms with Crippen molar-refractivity contribution in [2.45, 2.75) is 60.4 Å². The van der Waals surface area contributed by atoms with Crippen molar-refractivity contribution < 1.29 is 4.79 Å². The Morgan fingerprint density at radius 3 is 1.65 bits per heavy atom. The molecule has 0 unspecified atom stereocenters. The first kappa shape index (κ1) is 23.3. The molecule has 0 bridgehead atoms. The second-order valence-electron chi connectivity index (χ2n) is 7.70. The van der Waals surface area contributed by atoms with Crippen LogP contribution in [0.3, 0.4) is 0 Å². The summed E-state index contributed by atoms with van der Waals surface area (Å²) in [6, 6.07) is 6.77. The molecule has 4 nitrogen and oxygen atoms in total. The van der Waals surface area contributed by atoms with Gasteiger partial charge in [0.05, 0.1) is 0 Å². The molecule has 0 amide bonds. The van der Waals surface area contributed by atoms with Crippen molar-refractivity contribution >= 4 is 32.1 Å². The fourth-order valence-electron chi connectivity index (χ4n) is 2.93. The molecule has 0 heterocycles. The Labute approximate surface area is 168 Å². The molecular weight excluding hydrogens is 397 g/mol. The van der Waals surface area contributed by atoms with Gasteiger partial charge in [0.1, 0.15) is 0 Å². The SMILES string of the molecule is CCN(CC)Cc1cccc(CN(CC)CC)[c]1[Ge][C](=[N+]=[N-])[Si](C)(C)C. The van der Waals surface area contributed by atoms with Crippen LogP contribution < -0.4 is 4.40 Å². The number of benzene rings is 1. The van der Waals surface area contributed by atoms with E-state index in [0.29, 0.717) is 0 Å². The minimum atomic E-state index is -1.60. The summed E-state index contributed by atoms with van der Waals surface area (Å²) in [6.07, 6.45) is 0. The van der Waals surface area contributed by atoms with Gasteiger partial charge in [0.2, 0.25) is 0 Å². The van der Waals surface area contributed by atoms with Gasteiger partial charge >= 0.3 is 168 Å². The molecule has 0 aliphatic carbocycles. The summed E-state index contributed by atoms with van der Waals surface area (Å²) in [5, 5.41) is 0. The second kappa shape index (κ2) is 11.2. The molecule has 1 aromatic carbocycles. The zero-order chi connectivity index (χ0) is 19.7. The summed E-state index contributed by atoms with van der Waals surface area (Å²) in [7, 11) is -1.60. The molecule has 0 aliphatic rings. The Morgan fingerprint density at radius 1 is 0.923 bits per heavy atom. The summed E-state index contributed by atoms with van der Waals surface area (Å²) in [4.78, 5) is 8.72. The molecule has 0 spiro atoms. The van der Waals surface area contributed by atoms with E-state index in [9.17, 15) is 5.53 Å². The van der Waals surface area contributed by atoms with E-state index < -0.39 is 23.5 Å². The maximum atomic E-state index is 9.69. The number of hydrogen-bond acceptors (Lipinski definition) is 2. The van der Waals surface area contributed by atoms with E-state index in [-0.39, 0.29) is 0 Å². The van der Waals surface area contributed by atoms with E-state index in [4.69, 9.17) is 0 Å². The third-order valence-electron chi connectivity index (χ3n) is 4.87. The Morgan fingerprint density at radius 2 is 1.35 bits per heavy atom. The number of nitrogens with zero attached hydrogens (tertiary/aromatic N) is 4. The predicted molar refractivity (Wildman–Crippen MR) is 117 cm³/mol. The van der Waals surface area contributed by atoms with Gasteiger partial charge in [0.25, 0.3) is 0 Å². The van der Waals surface area contributed by atoms with Gasteiger partial charge in [-0.3, -0.25) is 0 Å². The van der Waals surface area contributed by atoms with Gasteiger partial charge < -0.3 is 0 Å². The van der Waals surface area contributed by atoms with Gasteiger partial charge in [-0.25, -0.2) is 0 Å². The minimum absolute atomic E-state index is 0.614. The van der Waals surface area contributed by atoms with Crippen LogP contribution in [0.25, 0.3) is 5.53 Å². The van der Waals surface area contributed by atoms with Gasteiger partial charge in [-0.15, -0.1) is 0 Å². The Kier molecular flexibility index (Phi) is 10.0. The van der Waals surface area contributed by atoms with Crippen LogP contribution in [0.1, 0.15) is 38.8 Å². The van der Waals surface area contributed by atoms with E-state index in [0.717, 1.165) is 43.4 Å². The summed E-state index contributed by atoms with van der Waals surface area (Å²) in [5.74, 6) is 0. The molecular formula is C20H36GeN4Si. The molecule has 0 fully saturated rings. The van der Waals surface area contributed by atoms with Crippen LogP contribution >= 0.6 is 0 Å². The average Bonchev–Trinajstić information content (AvgIpc) is 2.61. The first-order valence-electron chi connectivity index (χ1n) is 9.85. The quantitative estimate of drug-likeness (QED) is 0.233. The molecule has 0 saturated carbocycles. The topological polar surface area (TPSA) is 42.9 Å². The van der Waals surface area contributed by atoms with Crippen LogP contribution in [0.4, 0.5) is 0 Å². The van der Waals surface area contributed by atoms with E-state index in [1.54, 1.807) is 0 Å². The summed E-state index contributed by atoms with van der Waals surface area (Å²) in [6.45, 7) is 22.0. The third kappa shape index (κ3) is 6.78. The van der Waals surface area contributed by atoms with Gasteiger partial charge in [-0.2, -0.15) is 0 Å². The second-order valence-corrected chi connectivity index (χ2v) is 16.3. The average molecular weight is 433 g/mol. The van der Waals surface area contributed by atoms with Crippen LogP contribution in [-0.4, -0.2) is 68.4 Å². The van der Waals surface area contributed by atoms with Crippen LogP contribution in [0.15, 0.2) is 18.2 Å². The van der Waals surface area contributed by atoms with Gasteiger partial charge in [-0.05, 0) is 0 Å². The van der Waals surface area contributed by atoms with E-state index in [2.05, 4.69) is 80.1 Å². The molecule has 26 heavy (non-hydrogen) atoms. The monoisotopic (exact) mass is 434 g/mol. The normalized spacial score (nSPS) is 11.9. The zero-order valence-corrected chi connectivity index (χ0v) is 20.9. The van der Waals surface area contributed by atoms with Crippen LogP contribution in [0.2, 0.25) is 19.6 Å². The molecule has 0 aromatic heterocycles. The van der Waals surface area contributed by atoms with Crippen LogP contribution in [0.5, 0.6) is 0 Å². The predicted octanol–water partition coefficient (Wildman–Crippen LogP) is 3.21. The molecule has 1 rings (SSSR count). The molecule has 1 aromatic rings. The summed E-state index contributed by atoms with van der Waals surface area (Å²) >= 11 is -0.614. The molecule has 2 radical (unpaired) electrons. The number of hydrogen-bond donors (Lipinski definition) is 0. The fraction of sp³-hybridized carbons (Fsp3) is 0.650. The van der Waals surface area contributed by atoms with Crippen LogP contribution in [-0.2, 0) is 13.1 Å². The Bertz CT molecular complexity index is 580. The summed E-state index contributed by atoms with van der Waals surface area (Å²) in [5.41, 5.74) is 12.5. The van der Waals surface area contributed by atoms with E-state index in [1.165, 1.54) is 15.5 Å². The van der Waals surface area contributed by atoms with E-state index >= 15 is 0 Å². The maximum absolute atomic E-state index is 9.69. The molecule has 0 aliphatic heterocycles. The van der Waals surface area contributed by atoms with Crippen molar-refractivity contribution in [1.29, 1.82) is 0 Å². The Hall–Kier alpha value is -0.720. The van der Waals surface area contributed by atoms with Crippen molar-refractivity contribution in [1.82, 2.24) is 9.80 Å².